The Morgan fingerprint density at radius 3 is 2.25 bits per heavy atom. The maximum atomic E-state index is 5.80. The van der Waals surface area contributed by atoms with E-state index in [2.05, 4.69) is 44.0 Å². The molecule has 0 amide bonds. The molecule has 3 heteroatoms. The molecule has 0 aliphatic carbocycles. The second-order valence-electron chi connectivity index (χ2n) is 2.46. The van der Waals surface area contributed by atoms with Crippen LogP contribution in [0, 0.1) is 0 Å². The molecule has 0 atom stereocenters. The molecule has 12 heavy (non-hydrogen) atoms. The third-order valence-corrected chi connectivity index (χ3v) is 3.24. The Morgan fingerprint density at radius 1 is 1.08 bits per heavy atom. The van der Waals surface area contributed by atoms with Crippen molar-refractivity contribution in [3.05, 3.63) is 34.9 Å². The normalized spacial score (nSPS) is 10.2. The lowest BCUT2D eigenvalue weighted by Gasteiger charge is -2.08. The van der Waals surface area contributed by atoms with Gasteiger partial charge in [-0.1, -0.05) is 50.1 Å². The average Bonchev–Trinajstić information content (AvgIpc) is 2.16. The maximum Gasteiger partial charge on any atom is 0.0477 e. The third-order valence-electron chi connectivity index (χ3n) is 1.79. The highest BCUT2D eigenvalue weighted by Gasteiger charge is 2.04. The van der Waals surface area contributed by atoms with E-state index in [9.17, 15) is 0 Å². The van der Waals surface area contributed by atoms with Gasteiger partial charge in [-0.3, -0.25) is 0 Å². The Labute approximate surface area is 94.6 Å². The number of benzene rings is 1. The summed E-state index contributed by atoms with van der Waals surface area (Å²) >= 11 is 12.7. The monoisotopic (exact) mass is 310 g/mol. The van der Waals surface area contributed by atoms with Crippen molar-refractivity contribution >= 4 is 43.5 Å². The first-order chi connectivity index (χ1) is 5.83. The van der Waals surface area contributed by atoms with Gasteiger partial charge in [0, 0.05) is 16.5 Å². The smallest absolute Gasteiger partial charge is 0.0477 e. The summed E-state index contributed by atoms with van der Waals surface area (Å²) in [5.41, 5.74) is 3.83. The van der Waals surface area contributed by atoms with Gasteiger partial charge < -0.3 is 0 Å². The topological polar surface area (TPSA) is 0 Å². The Hall–Kier alpha value is 0.470. The summed E-state index contributed by atoms with van der Waals surface area (Å²) < 4.78 is 0. The van der Waals surface area contributed by atoms with Crippen LogP contribution in [0.4, 0.5) is 0 Å². The lowest BCUT2D eigenvalue weighted by Crippen LogP contribution is -1.93. The third kappa shape index (κ3) is 2.24. The fourth-order valence-electron chi connectivity index (χ4n) is 1.11. The van der Waals surface area contributed by atoms with Crippen molar-refractivity contribution in [3.8, 4) is 0 Å². The van der Waals surface area contributed by atoms with Crippen LogP contribution in [0.15, 0.2) is 18.2 Å². The fraction of sp³-hybridized carbons (Fsp3) is 0.333. The number of halogens is 3. The molecule has 0 bridgehead atoms. The van der Waals surface area contributed by atoms with Gasteiger partial charge in [-0.05, 0) is 16.7 Å². The van der Waals surface area contributed by atoms with Crippen molar-refractivity contribution in [2.45, 2.75) is 16.5 Å². The van der Waals surface area contributed by atoms with E-state index in [-0.39, 0.29) is 0 Å². The van der Waals surface area contributed by atoms with Crippen LogP contribution < -0.4 is 0 Å². The second kappa shape index (κ2) is 5.25. The molecule has 1 aromatic rings. The van der Waals surface area contributed by atoms with E-state index >= 15 is 0 Å². The molecule has 0 aliphatic rings. The molecule has 0 N–H and O–H groups in total. The van der Waals surface area contributed by atoms with Crippen LogP contribution in [0.25, 0.3) is 0 Å². The summed E-state index contributed by atoms with van der Waals surface area (Å²) in [5.74, 6) is 0.585. The van der Waals surface area contributed by atoms with Crippen LogP contribution in [0.5, 0.6) is 0 Å². The van der Waals surface area contributed by atoms with Crippen LogP contribution in [0.1, 0.15) is 16.7 Å². The van der Waals surface area contributed by atoms with Crippen molar-refractivity contribution in [3.63, 3.8) is 0 Å². The molecule has 0 heterocycles. The van der Waals surface area contributed by atoms with Crippen LogP contribution in [-0.2, 0) is 16.5 Å². The summed E-state index contributed by atoms with van der Waals surface area (Å²) in [6, 6.07) is 6.22. The Kier molecular flexibility index (Phi) is 4.62. The maximum absolute atomic E-state index is 5.80. The standard InChI is InChI=1S/C9H9Br2Cl/c10-4-7-2-1-3-8(6-12)9(7)5-11/h1-3H,4-6H2. The molecular formula is C9H9Br2Cl. The summed E-state index contributed by atoms with van der Waals surface area (Å²) in [5, 5.41) is 1.76. The molecule has 1 aromatic carbocycles. The molecule has 0 saturated heterocycles. The van der Waals surface area contributed by atoms with Crippen molar-refractivity contribution in [1.29, 1.82) is 0 Å². The predicted molar refractivity (Wildman–Crippen MR) is 61.3 cm³/mol. The molecule has 0 nitrogen and oxygen atoms in total. The number of hydrogen-bond acceptors (Lipinski definition) is 0. The summed E-state index contributed by atoms with van der Waals surface area (Å²) in [6.45, 7) is 0. The summed E-state index contributed by atoms with van der Waals surface area (Å²) in [7, 11) is 0. The Bertz CT molecular complexity index is 238. The lowest BCUT2D eigenvalue weighted by atomic mass is 10.1. The fourth-order valence-corrected chi connectivity index (χ4v) is 2.61. The van der Waals surface area contributed by atoms with Gasteiger partial charge in [-0.2, -0.15) is 0 Å². The van der Waals surface area contributed by atoms with E-state index in [0.717, 1.165) is 10.7 Å². The van der Waals surface area contributed by atoms with Gasteiger partial charge in [0.2, 0.25) is 0 Å². The average molecular weight is 312 g/mol. The van der Waals surface area contributed by atoms with Crippen molar-refractivity contribution in [2.75, 3.05) is 0 Å². The van der Waals surface area contributed by atoms with Gasteiger partial charge >= 0.3 is 0 Å². The first-order valence-electron chi connectivity index (χ1n) is 3.61. The van der Waals surface area contributed by atoms with E-state index in [4.69, 9.17) is 11.6 Å². The summed E-state index contributed by atoms with van der Waals surface area (Å²) in [4.78, 5) is 0. The molecular weight excluding hydrogens is 303 g/mol. The largest absolute Gasteiger partial charge is 0.122 e. The second-order valence-corrected chi connectivity index (χ2v) is 3.84. The predicted octanol–water partition coefficient (Wildman–Crippen LogP) is 4.22. The van der Waals surface area contributed by atoms with Crippen LogP contribution in [0.3, 0.4) is 0 Å². The molecule has 0 fully saturated rings. The van der Waals surface area contributed by atoms with Crippen molar-refractivity contribution in [2.24, 2.45) is 0 Å². The molecule has 0 aliphatic heterocycles. The minimum absolute atomic E-state index is 0.585. The number of alkyl halides is 3. The van der Waals surface area contributed by atoms with Crippen LogP contribution in [0.2, 0.25) is 0 Å². The first kappa shape index (κ1) is 10.6. The minimum atomic E-state index is 0.585. The van der Waals surface area contributed by atoms with E-state index in [1.165, 1.54) is 16.7 Å². The Balaban J connectivity index is 3.13. The highest BCUT2D eigenvalue weighted by molar-refractivity contribution is 9.09. The highest BCUT2D eigenvalue weighted by Crippen LogP contribution is 2.21. The zero-order valence-electron chi connectivity index (χ0n) is 6.49. The highest BCUT2D eigenvalue weighted by atomic mass is 79.9. The van der Waals surface area contributed by atoms with Gasteiger partial charge in [-0.15, -0.1) is 11.6 Å². The van der Waals surface area contributed by atoms with Gasteiger partial charge in [-0.25, -0.2) is 0 Å². The van der Waals surface area contributed by atoms with Gasteiger partial charge in [0.1, 0.15) is 0 Å². The van der Waals surface area contributed by atoms with E-state index in [0.29, 0.717) is 5.88 Å². The number of rotatable bonds is 3. The molecule has 0 spiro atoms. The zero-order valence-corrected chi connectivity index (χ0v) is 10.4. The molecule has 0 unspecified atom stereocenters. The zero-order chi connectivity index (χ0) is 8.97. The van der Waals surface area contributed by atoms with Crippen LogP contribution >= 0.6 is 43.5 Å². The molecule has 0 radical (unpaired) electrons. The van der Waals surface area contributed by atoms with Crippen molar-refractivity contribution in [1.82, 2.24) is 0 Å². The molecule has 0 saturated carbocycles. The van der Waals surface area contributed by atoms with Gasteiger partial charge in [0.25, 0.3) is 0 Å². The SMILES string of the molecule is ClCc1cccc(CBr)c1CBr. The Morgan fingerprint density at radius 2 is 1.75 bits per heavy atom. The minimum Gasteiger partial charge on any atom is -0.122 e. The molecule has 66 valence electrons. The number of hydrogen-bond donors (Lipinski definition) is 0. The van der Waals surface area contributed by atoms with Gasteiger partial charge in [0.15, 0.2) is 0 Å². The lowest BCUT2D eigenvalue weighted by molar-refractivity contribution is 1.22. The van der Waals surface area contributed by atoms with Gasteiger partial charge in [0.05, 0.1) is 0 Å². The van der Waals surface area contributed by atoms with E-state index in [1.807, 2.05) is 6.07 Å². The molecule has 1 rings (SSSR count). The van der Waals surface area contributed by atoms with Crippen molar-refractivity contribution < 1.29 is 0 Å². The first-order valence-corrected chi connectivity index (χ1v) is 6.38. The van der Waals surface area contributed by atoms with E-state index < -0.39 is 0 Å². The van der Waals surface area contributed by atoms with Crippen LogP contribution in [-0.4, -0.2) is 0 Å². The molecule has 0 aromatic heterocycles. The quantitative estimate of drug-likeness (QED) is 0.733. The van der Waals surface area contributed by atoms with E-state index in [1.54, 1.807) is 0 Å². The summed E-state index contributed by atoms with van der Waals surface area (Å²) in [6.07, 6.45) is 0.